The molecule has 0 unspecified atom stereocenters. The summed E-state index contributed by atoms with van der Waals surface area (Å²) in [6, 6.07) is 0. The van der Waals surface area contributed by atoms with Crippen molar-refractivity contribution < 1.29 is 22.2 Å². The van der Waals surface area contributed by atoms with Gasteiger partial charge >= 0.3 is 0 Å². The molecule has 4 rings (SSSR count). The van der Waals surface area contributed by atoms with Gasteiger partial charge in [0.15, 0.2) is 0 Å². The third-order valence-corrected chi connectivity index (χ3v) is 9.72. The molecule has 0 radical (unpaired) electrons. The van der Waals surface area contributed by atoms with Crippen LogP contribution in [0.4, 0.5) is 0 Å². The minimum Gasteiger partial charge on any atom is -0.300 e. The van der Waals surface area contributed by atoms with Gasteiger partial charge in [-0.05, 0) is 80.5 Å². The van der Waals surface area contributed by atoms with E-state index in [1.165, 1.54) is 0 Å². The summed E-state index contributed by atoms with van der Waals surface area (Å²) in [7, 11) is -3.45. The molecule has 0 aromatic rings. The van der Waals surface area contributed by atoms with Crippen LogP contribution < -0.4 is 0 Å². The monoisotopic (exact) mass is 410 g/mol. The van der Waals surface area contributed by atoms with Crippen LogP contribution in [0.15, 0.2) is 0 Å². The molecule has 8 atom stereocenters. The van der Waals surface area contributed by atoms with Crippen molar-refractivity contribution in [1.29, 1.82) is 0 Å². The molecule has 0 heterocycles. The van der Waals surface area contributed by atoms with Crippen LogP contribution in [0.1, 0.15) is 72.1 Å². The van der Waals surface area contributed by atoms with Gasteiger partial charge in [-0.3, -0.25) is 13.8 Å². The first-order valence-electron chi connectivity index (χ1n) is 10.9. The highest BCUT2D eigenvalue weighted by atomic mass is 32.2. The molecule has 4 aliphatic rings. The second kappa shape index (κ2) is 6.63. The Kier molecular flexibility index (Phi) is 4.86. The standard InChI is InChI=1S/C22H34O5S/c1-13(23)17-7-8-18-16-6-5-14-11-15(27-28(4,25)26)9-10-21(14,2)20(16)19(24)12-22(17,18)3/h14-18,20H,5-12H2,1-4H3/t14-,15-,16+,17-,18+,20-,21+,22-/m1/s1. The normalized spacial score (nSPS) is 48.5. The SMILES string of the molecule is CC(=O)[C@H]1CC[C@H]2[C@@H]3CC[C@@H]4C[C@H](OS(C)(=O)=O)CC[C@]4(C)[C@H]3C(=O)C[C@]12C. The second-order valence-electron chi connectivity index (χ2n) is 10.6. The van der Waals surface area contributed by atoms with E-state index < -0.39 is 10.1 Å². The maximum Gasteiger partial charge on any atom is 0.264 e. The summed E-state index contributed by atoms with van der Waals surface area (Å²) in [4.78, 5) is 25.7. The quantitative estimate of drug-likeness (QED) is 0.662. The molecule has 4 fully saturated rings. The third-order valence-electron chi connectivity index (χ3n) is 9.10. The zero-order valence-electron chi connectivity index (χ0n) is 17.6. The zero-order chi connectivity index (χ0) is 20.5. The summed E-state index contributed by atoms with van der Waals surface area (Å²) in [5.41, 5.74) is -0.225. The van der Waals surface area contributed by atoms with Gasteiger partial charge in [0.2, 0.25) is 0 Å². The summed E-state index contributed by atoms with van der Waals surface area (Å²) in [6.07, 6.45) is 7.74. The summed E-state index contributed by atoms with van der Waals surface area (Å²) >= 11 is 0. The van der Waals surface area contributed by atoms with E-state index in [9.17, 15) is 18.0 Å². The molecule has 0 spiro atoms. The van der Waals surface area contributed by atoms with Crippen LogP contribution in [0, 0.1) is 40.4 Å². The van der Waals surface area contributed by atoms with Crippen molar-refractivity contribution in [1.82, 2.24) is 0 Å². The van der Waals surface area contributed by atoms with Crippen LogP contribution in [0.2, 0.25) is 0 Å². The summed E-state index contributed by atoms with van der Waals surface area (Å²) < 4.78 is 28.4. The fourth-order valence-electron chi connectivity index (χ4n) is 8.04. The van der Waals surface area contributed by atoms with Gasteiger partial charge in [-0.1, -0.05) is 13.8 Å². The van der Waals surface area contributed by atoms with Crippen LogP contribution in [0.25, 0.3) is 0 Å². The van der Waals surface area contributed by atoms with E-state index in [0.29, 0.717) is 36.4 Å². The lowest BCUT2D eigenvalue weighted by Crippen LogP contribution is -2.58. The number of fused-ring (bicyclic) bond motifs is 5. The number of hydrogen-bond donors (Lipinski definition) is 0. The van der Waals surface area contributed by atoms with Gasteiger partial charge in [0.05, 0.1) is 12.4 Å². The number of carbonyl (C=O) groups excluding carboxylic acids is 2. The fraction of sp³-hybridized carbons (Fsp3) is 0.909. The Labute approximate surface area is 169 Å². The highest BCUT2D eigenvalue weighted by Gasteiger charge is 2.63. The van der Waals surface area contributed by atoms with E-state index in [1.807, 2.05) is 0 Å². The van der Waals surface area contributed by atoms with Crippen molar-refractivity contribution in [2.45, 2.75) is 78.2 Å². The van der Waals surface area contributed by atoms with Crippen LogP contribution in [-0.4, -0.2) is 32.3 Å². The van der Waals surface area contributed by atoms with Gasteiger partial charge in [0, 0.05) is 18.3 Å². The third kappa shape index (κ3) is 3.10. The lowest BCUT2D eigenvalue weighted by atomic mass is 9.44. The van der Waals surface area contributed by atoms with E-state index in [1.54, 1.807) is 6.92 Å². The minimum absolute atomic E-state index is 0.0341. The van der Waals surface area contributed by atoms with Crippen molar-refractivity contribution in [3.63, 3.8) is 0 Å². The first-order chi connectivity index (χ1) is 13.0. The van der Waals surface area contributed by atoms with Gasteiger partial charge in [-0.25, -0.2) is 0 Å². The maximum atomic E-state index is 13.5. The molecule has 28 heavy (non-hydrogen) atoms. The number of carbonyl (C=O) groups is 2. The van der Waals surface area contributed by atoms with Gasteiger partial charge in [0.1, 0.15) is 11.6 Å². The lowest BCUT2D eigenvalue weighted by Gasteiger charge is -2.59. The van der Waals surface area contributed by atoms with Crippen LogP contribution in [0.3, 0.4) is 0 Å². The molecule has 6 heteroatoms. The predicted molar refractivity (Wildman–Crippen MR) is 106 cm³/mol. The molecule has 4 aliphatic carbocycles. The van der Waals surface area contributed by atoms with E-state index in [2.05, 4.69) is 13.8 Å². The lowest BCUT2D eigenvalue weighted by molar-refractivity contribution is -0.161. The topological polar surface area (TPSA) is 77.5 Å². The molecule has 0 bridgehead atoms. The second-order valence-corrected chi connectivity index (χ2v) is 12.2. The van der Waals surface area contributed by atoms with Crippen molar-refractivity contribution >= 4 is 21.7 Å². The summed E-state index contributed by atoms with van der Waals surface area (Å²) in [6.45, 7) is 6.15. The van der Waals surface area contributed by atoms with Crippen LogP contribution in [0.5, 0.6) is 0 Å². The Morgan fingerprint density at radius 1 is 1.07 bits per heavy atom. The summed E-state index contributed by atoms with van der Waals surface area (Å²) in [5.74, 6) is 1.88. The van der Waals surface area contributed by atoms with Crippen molar-refractivity contribution in [2.75, 3.05) is 6.26 Å². The predicted octanol–water partition coefficient (Wildman–Crippen LogP) is 3.76. The Bertz CT molecular complexity index is 789. The average molecular weight is 411 g/mol. The highest BCUT2D eigenvalue weighted by Crippen LogP contribution is 2.66. The molecule has 0 aromatic heterocycles. The van der Waals surface area contributed by atoms with Crippen molar-refractivity contribution in [3.8, 4) is 0 Å². The molecular formula is C22H34O5S. The summed E-state index contributed by atoms with van der Waals surface area (Å²) in [5, 5.41) is 0. The van der Waals surface area contributed by atoms with Gasteiger partial charge in [-0.2, -0.15) is 8.42 Å². The Balaban J connectivity index is 1.59. The first kappa shape index (κ1) is 20.5. The van der Waals surface area contributed by atoms with E-state index in [-0.39, 0.29) is 34.6 Å². The Hall–Kier alpha value is -0.750. The van der Waals surface area contributed by atoms with Gasteiger partial charge in [-0.15, -0.1) is 0 Å². The molecule has 0 aliphatic heterocycles. The first-order valence-corrected chi connectivity index (χ1v) is 12.7. The highest BCUT2D eigenvalue weighted by molar-refractivity contribution is 7.86. The van der Waals surface area contributed by atoms with Gasteiger partial charge in [0.25, 0.3) is 10.1 Å². The smallest absolute Gasteiger partial charge is 0.264 e. The zero-order valence-corrected chi connectivity index (χ0v) is 18.4. The minimum atomic E-state index is -3.45. The molecule has 4 saturated carbocycles. The van der Waals surface area contributed by atoms with Crippen LogP contribution >= 0.6 is 0 Å². The van der Waals surface area contributed by atoms with Crippen molar-refractivity contribution in [2.24, 2.45) is 40.4 Å². The molecule has 0 aromatic carbocycles. The van der Waals surface area contributed by atoms with Gasteiger partial charge < -0.3 is 0 Å². The molecule has 5 nitrogen and oxygen atoms in total. The fourth-order valence-corrected chi connectivity index (χ4v) is 8.71. The van der Waals surface area contributed by atoms with Crippen molar-refractivity contribution in [3.05, 3.63) is 0 Å². The Morgan fingerprint density at radius 2 is 1.79 bits per heavy atom. The Morgan fingerprint density at radius 3 is 2.43 bits per heavy atom. The molecule has 158 valence electrons. The van der Waals surface area contributed by atoms with E-state index in [0.717, 1.165) is 44.8 Å². The largest absolute Gasteiger partial charge is 0.300 e. The van der Waals surface area contributed by atoms with E-state index in [4.69, 9.17) is 4.18 Å². The average Bonchev–Trinajstić information content (AvgIpc) is 2.90. The van der Waals surface area contributed by atoms with Crippen LogP contribution in [-0.2, 0) is 23.9 Å². The molecule has 0 saturated heterocycles. The number of hydrogen-bond acceptors (Lipinski definition) is 5. The number of ketones is 2. The van der Waals surface area contributed by atoms with E-state index >= 15 is 0 Å². The number of rotatable bonds is 3. The number of Topliss-reactive ketones (excluding diaryl/α,β-unsaturated/α-hetero) is 2. The maximum absolute atomic E-state index is 13.5. The molecule has 0 N–H and O–H groups in total. The molecular weight excluding hydrogens is 376 g/mol. The molecule has 0 amide bonds.